The molecule has 0 amide bonds. The maximum absolute atomic E-state index is 2.83. The molecule has 4 aromatic carbocycles. The van der Waals surface area contributed by atoms with Crippen LogP contribution in [0.2, 0.25) is 0 Å². The van der Waals surface area contributed by atoms with Gasteiger partial charge >= 0.3 is 0 Å². The molecule has 0 N–H and O–H groups in total. The highest BCUT2D eigenvalue weighted by Gasteiger charge is 2.58. The Morgan fingerprint density at radius 1 is 0.604 bits per heavy atom. The van der Waals surface area contributed by atoms with E-state index in [9.17, 15) is 0 Å². The van der Waals surface area contributed by atoms with Crippen LogP contribution < -0.4 is 4.57 Å². The highest BCUT2D eigenvalue weighted by molar-refractivity contribution is 14.1. The molecule has 0 spiro atoms. The Hall–Kier alpha value is -3.24. The highest BCUT2D eigenvalue weighted by Crippen LogP contribution is 2.55. The van der Waals surface area contributed by atoms with Crippen molar-refractivity contribution in [2.24, 2.45) is 0 Å². The smallest absolute Gasteiger partial charge is 0.191 e. The topological polar surface area (TPSA) is 3.88 Å². The van der Waals surface area contributed by atoms with Crippen LogP contribution in [-0.4, -0.2) is 0 Å². The van der Waals surface area contributed by atoms with Crippen LogP contribution >= 0.6 is 22.6 Å². The second-order valence-corrected chi connectivity index (χ2v) is 18.0. The van der Waals surface area contributed by atoms with E-state index in [1.807, 2.05) is 0 Å². The summed E-state index contributed by atoms with van der Waals surface area (Å²) in [7, 11) is 0. The van der Waals surface area contributed by atoms with E-state index in [0.717, 1.165) is 12.8 Å². The molecule has 0 saturated heterocycles. The quantitative estimate of drug-likeness (QED) is 0.0887. The number of fused-ring (bicyclic) bond motifs is 3. The second-order valence-electron chi connectivity index (χ2n) is 16.2. The number of benzene rings is 4. The normalized spacial score (nSPS) is 19.1. The van der Waals surface area contributed by atoms with Crippen LogP contribution in [0.1, 0.15) is 105 Å². The number of aromatic nitrogens is 1. The average molecular weight is 747 g/mol. The number of halogens is 1. The van der Waals surface area contributed by atoms with Crippen molar-refractivity contribution in [3.63, 3.8) is 0 Å². The Balaban J connectivity index is 1.54. The lowest BCUT2D eigenvalue weighted by molar-refractivity contribution is -0.760. The van der Waals surface area contributed by atoms with Crippen LogP contribution in [0.5, 0.6) is 0 Å². The van der Waals surface area contributed by atoms with E-state index in [1.165, 1.54) is 74.2 Å². The fourth-order valence-corrected chi connectivity index (χ4v) is 9.08. The fraction of sp³-hybridized carbons (Fsp3) is 0.370. The molecule has 0 fully saturated rings. The van der Waals surface area contributed by atoms with E-state index in [4.69, 9.17) is 0 Å². The number of hydrogen-bond acceptors (Lipinski definition) is 0. The van der Waals surface area contributed by atoms with Crippen molar-refractivity contribution in [1.82, 2.24) is 0 Å². The Labute approximate surface area is 304 Å². The molecule has 1 aromatic heterocycles. The van der Waals surface area contributed by atoms with Gasteiger partial charge in [0, 0.05) is 25.5 Å². The molecular weight excluding hydrogens is 693 g/mol. The van der Waals surface area contributed by atoms with Crippen LogP contribution in [0.25, 0.3) is 44.6 Å². The van der Waals surface area contributed by atoms with E-state index in [1.54, 1.807) is 0 Å². The van der Waals surface area contributed by atoms with Crippen molar-refractivity contribution in [2.45, 2.75) is 108 Å². The Bertz CT molecular complexity index is 1840. The first-order valence-corrected chi connectivity index (χ1v) is 19.0. The molecular formula is C46H53IN+. The largest absolute Gasteiger partial charge is 0.213 e. The maximum atomic E-state index is 2.83. The number of alkyl halides is 1. The molecule has 2 heterocycles. The Morgan fingerprint density at radius 2 is 1.10 bits per heavy atom. The minimum atomic E-state index is -0.0145. The van der Waals surface area contributed by atoms with Gasteiger partial charge in [0.15, 0.2) is 11.7 Å². The summed E-state index contributed by atoms with van der Waals surface area (Å²) in [4.78, 5) is 0. The summed E-state index contributed by atoms with van der Waals surface area (Å²) in [5.74, 6) is 0. The summed E-state index contributed by atoms with van der Waals surface area (Å²) >= 11 is 2.83. The first-order valence-electron chi connectivity index (χ1n) is 17.9. The van der Waals surface area contributed by atoms with Gasteiger partial charge in [-0.25, -0.2) is 0 Å². The molecule has 2 atom stereocenters. The number of nitrogens with zero attached hydrogens (tertiary/aromatic N) is 1. The van der Waals surface area contributed by atoms with Gasteiger partial charge in [0.05, 0.1) is 5.56 Å². The van der Waals surface area contributed by atoms with Crippen LogP contribution in [0.4, 0.5) is 0 Å². The van der Waals surface area contributed by atoms with Gasteiger partial charge in [-0.15, -0.1) is 0 Å². The zero-order valence-electron chi connectivity index (χ0n) is 30.5. The van der Waals surface area contributed by atoms with Crippen molar-refractivity contribution in [3.05, 3.63) is 126 Å². The third kappa shape index (κ3) is 6.19. The molecule has 0 aliphatic carbocycles. The lowest BCUT2D eigenvalue weighted by Crippen LogP contribution is -2.66. The number of pyridine rings is 1. The number of hydrogen-bond donors (Lipinski definition) is 0. The van der Waals surface area contributed by atoms with E-state index in [-0.39, 0.29) is 19.8 Å². The Kier molecular flexibility index (Phi) is 9.30. The van der Waals surface area contributed by atoms with Gasteiger partial charge in [0.2, 0.25) is 5.69 Å². The third-order valence-electron chi connectivity index (χ3n) is 11.0. The fourth-order valence-electron chi connectivity index (χ4n) is 7.58. The lowest BCUT2D eigenvalue weighted by Gasteiger charge is -2.45. The molecule has 1 aliphatic heterocycles. The molecule has 2 unspecified atom stereocenters. The summed E-state index contributed by atoms with van der Waals surface area (Å²) in [5, 5.41) is 0. The minimum absolute atomic E-state index is 0.000979. The van der Waals surface area contributed by atoms with Crippen LogP contribution in [-0.2, 0) is 19.8 Å². The predicted molar refractivity (Wildman–Crippen MR) is 215 cm³/mol. The van der Waals surface area contributed by atoms with Gasteiger partial charge in [0.1, 0.15) is 3.42 Å². The van der Waals surface area contributed by atoms with Gasteiger partial charge in [-0.05, 0) is 97.7 Å². The molecule has 0 saturated carbocycles. The molecule has 0 radical (unpaired) electrons. The first kappa shape index (κ1) is 34.6. The zero-order chi connectivity index (χ0) is 34.5. The summed E-state index contributed by atoms with van der Waals surface area (Å²) in [6.07, 6.45) is 6.98. The van der Waals surface area contributed by atoms with E-state index >= 15 is 0 Å². The minimum Gasteiger partial charge on any atom is -0.191 e. The maximum Gasteiger partial charge on any atom is 0.213 e. The molecule has 6 rings (SSSR count). The van der Waals surface area contributed by atoms with Crippen LogP contribution in [0.15, 0.2) is 109 Å². The lowest BCUT2D eigenvalue weighted by atomic mass is 9.70. The monoisotopic (exact) mass is 746 g/mol. The SMILES string of the molecule is CCCCC1(I)c2ccc(-c3cc(-c4ccc(C(C)(C)C)cc4)cc(-c4ccc(C(C)(C)C)cc4)c3)cc2-c2cccc[n+]2C1(C)CC. The molecule has 48 heavy (non-hydrogen) atoms. The van der Waals surface area contributed by atoms with Crippen LogP contribution in [0, 0.1) is 0 Å². The van der Waals surface area contributed by atoms with E-state index < -0.39 is 0 Å². The van der Waals surface area contributed by atoms with Crippen molar-refractivity contribution in [3.8, 4) is 44.6 Å². The highest BCUT2D eigenvalue weighted by atomic mass is 127. The second kappa shape index (κ2) is 12.9. The third-order valence-corrected chi connectivity index (χ3v) is 13.2. The summed E-state index contributed by atoms with van der Waals surface area (Å²) in [6, 6.07) is 39.6. The van der Waals surface area contributed by atoms with Gasteiger partial charge in [-0.1, -0.05) is 151 Å². The van der Waals surface area contributed by atoms with Crippen molar-refractivity contribution < 1.29 is 4.57 Å². The standard InChI is InChI=1S/C46H53IN/c1-10-12-26-46(47)41-25-20-34(31-40(41)42-15-13-14-27-48(42)45(46,9)11-2)37-29-35(32-16-21-38(22-17-32)43(3,4)5)28-36(30-37)33-18-23-39(24-19-33)44(6,7)8/h13-25,27-31H,10-12,26H2,1-9H3/q+1. The Morgan fingerprint density at radius 3 is 1.58 bits per heavy atom. The zero-order valence-corrected chi connectivity index (χ0v) is 32.7. The van der Waals surface area contributed by atoms with Gasteiger partial charge < -0.3 is 0 Å². The van der Waals surface area contributed by atoms with Gasteiger partial charge in [-0.2, -0.15) is 4.57 Å². The molecule has 5 aromatic rings. The summed E-state index contributed by atoms with van der Waals surface area (Å²) < 4.78 is 2.58. The molecule has 0 bridgehead atoms. The predicted octanol–water partition coefficient (Wildman–Crippen LogP) is 13.2. The van der Waals surface area contributed by atoms with Crippen LogP contribution in [0.3, 0.4) is 0 Å². The number of rotatable bonds is 7. The van der Waals surface area contributed by atoms with Crippen molar-refractivity contribution in [2.75, 3.05) is 0 Å². The van der Waals surface area contributed by atoms with Gasteiger partial charge in [-0.3, -0.25) is 0 Å². The van der Waals surface area contributed by atoms with Crippen molar-refractivity contribution in [1.29, 1.82) is 0 Å². The van der Waals surface area contributed by atoms with Crippen molar-refractivity contribution >= 4 is 22.6 Å². The molecule has 248 valence electrons. The number of unbranched alkanes of at least 4 members (excludes halogenated alkanes) is 1. The average Bonchev–Trinajstić information content (AvgIpc) is 3.08. The molecule has 1 nitrogen and oxygen atoms in total. The summed E-state index contributed by atoms with van der Waals surface area (Å²) in [6.45, 7) is 20.8. The molecule has 1 aliphatic rings. The van der Waals surface area contributed by atoms with E-state index in [2.05, 4.69) is 199 Å². The molecule has 2 heteroatoms. The first-order chi connectivity index (χ1) is 22.7. The van der Waals surface area contributed by atoms with Gasteiger partial charge in [0.25, 0.3) is 0 Å². The summed E-state index contributed by atoms with van der Waals surface area (Å²) in [5.41, 5.74) is 14.6. The van der Waals surface area contributed by atoms with E-state index in [0.29, 0.717) is 0 Å².